The summed E-state index contributed by atoms with van der Waals surface area (Å²) < 4.78 is 30.2. The first-order valence-corrected chi connectivity index (χ1v) is 8.26. The van der Waals surface area contributed by atoms with E-state index in [9.17, 15) is 9.18 Å². The van der Waals surface area contributed by atoms with Crippen LogP contribution in [0.3, 0.4) is 0 Å². The molecule has 24 heavy (non-hydrogen) atoms. The van der Waals surface area contributed by atoms with Gasteiger partial charge in [0.2, 0.25) is 11.8 Å². The first kappa shape index (κ1) is 17.1. The fourth-order valence-corrected chi connectivity index (χ4v) is 3.51. The molecule has 2 aliphatic rings. The Balaban J connectivity index is 1.68. The van der Waals surface area contributed by atoms with Crippen molar-refractivity contribution < 1.29 is 23.4 Å². The lowest BCUT2D eigenvalue weighted by Gasteiger charge is -2.43. The molecule has 0 unspecified atom stereocenters. The van der Waals surface area contributed by atoms with Crippen molar-refractivity contribution in [3.63, 3.8) is 0 Å². The molecule has 0 bridgehead atoms. The molecule has 3 heterocycles. The number of hydrogen-bond acceptors (Lipinski definition) is 5. The van der Waals surface area contributed by atoms with Gasteiger partial charge in [-0.1, -0.05) is 0 Å². The summed E-state index contributed by atoms with van der Waals surface area (Å²) in [4.78, 5) is 18.1. The number of carbonyl (C=O) groups excluding carboxylic acids is 1. The third-order valence-corrected chi connectivity index (χ3v) is 4.86. The molecular weight excluding hydrogens is 315 g/mol. The second-order valence-electron chi connectivity index (χ2n) is 6.40. The van der Waals surface area contributed by atoms with Crippen LogP contribution >= 0.6 is 0 Å². The topological polar surface area (TPSA) is 60.9 Å². The Labute approximate surface area is 140 Å². The van der Waals surface area contributed by atoms with Crippen molar-refractivity contribution in [2.75, 3.05) is 40.0 Å². The van der Waals surface area contributed by atoms with Gasteiger partial charge in [-0.05, 0) is 25.0 Å². The van der Waals surface area contributed by atoms with Crippen LogP contribution in [0.2, 0.25) is 0 Å². The first-order chi connectivity index (χ1) is 11.6. The van der Waals surface area contributed by atoms with Gasteiger partial charge in [-0.15, -0.1) is 0 Å². The van der Waals surface area contributed by atoms with Crippen LogP contribution in [0.5, 0.6) is 5.88 Å². The normalized spacial score (nSPS) is 26.2. The number of nitrogens with zero attached hydrogens (tertiary/aromatic N) is 2. The molecule has 0 radical (unpaired) electrons. The summed E-state index contributed by atoms with van der Waals surface area (Å²) in [5.74, 6) is -0.404. The van der Waals surface area contributed by atoms with Gasteiger partial charge in [-0.25, -0.2) is 9.37 Å². The molecule has 2 aliphatic heterocycles. The summed E-state index contributed by atoms with van der Waals surface area (Å²) in [5, 5.41) is 0. The lowest BCUT2D eigenvalue weighted by molar-refractivity contribution is -0.139. The number of aromatic nitrogens is 1. The summed E-state index contributed by atoms with van der Waals surface area (Å²) in [6.07, 6.45) is 3.47. The molecule has 2 fully saturated rings. The average molecular weight is 338 g/mol. The second kappa shape index (κ2) is 7.44. The molecular formula is C17H23FN2O4. The second-order valence-corrected chi connectivity index (χ2v) is 6.40. The van der Waals surface area contributed by atoms with Crippen LogP contribution in [0.15, 0.2) is 18.3 Å². The quantitative estimate of drug-likeness (QED) is 0.789. The predicted molar refractivity (Wildman–Crippen MR) is 84.2 cm³/mol. The Morgan fingerprint density at radius 1 is 1.58 bits per heavy atom. The first-order valence-electron chi connectivity index (χ1n) is 8.26. The smallest absolute Gasteiger partial charge is 0.250 e. The summed E-state index contributed by atoms with van der Waals surface area (Å²) >= 11 is 0. The number of methoxy groups -OCH3 is 1. The molecule has 132 valence electrons. The zero-order chi connectivity index (χ0) is 17.0. The van der Waals surface area contributed by atoms with Crippen LogP contribution in [-0.2, 0) is 14.3 Å². The third-order valence-electron chi connectivity index (χ3n) is 4.86. The number of rotatable bonds is 6. The Bertz CT molecular complexity index is 585. The molecule has 1 amide bonds. The summed E-state index contributed by atoms with van der Waals surface area (Å²) in [5.41, 5.74) is -0.301. The van der Waals surface area contributed by atoms with Crippen LogP contribution in [0.4, 0.5) is 4.39 Å². The van der Waals surface area contributed by atoms with Gasteiger partial charge in [0.1, 0.15) is 0 Å². The van der Waals surface area contributed by atoms with E-state index in [0.29, 0.717) is 39.3 Å². The van der Waals surface area contributed by atoms with Crippen LogP contribution in [-0.4, -0.2) is 61.9 Å². The van der Waals surface area contributed by atoms with Gasteiger partial charge < -0.3 is 19.1 Å². The summed E-state index contributed by atoms with van der Waals surface area (Å²) in [6, 6.07) is 2.85. The van der Waals surface area contributed by atoms with Crippen molar-refractivity contribution in [2.24, 2.45) is 5.41 Å². The molecule has 1 aromatic rings. The Morgan fingerprint density at radius 3 is 3.25 bits per heavy atom. The van der Waals surface area contributed by atoms with Gasteiger partial charge in [0.25, 0.3) is 0 Å². The number of amides is 1. The van der Waals surface area contributed by atoms with E-state index in [1.54, 1.807) is 7.11 Å². The molecule has 0 aliphatic carbocycles. The van der Waals surface area contributed by atoms with E-state index in [4.69, 9.17) is 14.2 Å². The number of likely N-dealkylation sites (tertiary alicyclic amines) is 1. The van der Waals surface area contributed by atoms with E-state index < -0.39 is 5.82 Å². The standard InChI is InChI=1S/C17H23FN2O4/c1-22-9-5-15(21)20-8-4-14-17(11-20,6-10-23-14)12-24-16-13(18)3-2-7-19-16/h2-3,7,14H,4-6,8-12H2,1H3/t14-,17+/m1/s1. The van der Waals surface area contributed by atoms with Crippen LogP contribution in [0.25, 0.3) is 0 Å². The fraction of sp³-hybridized carbons (Fsp3) is 0.647. The maximum absolute atomic E-state index is 13.7. The van der Waals surface area contributed by atoms with Gasteiger partial charge in [0, 0.05) is 33.0 Å². The van der Waals surface area contributed by atoms with Gasteiger partial charge in [-0.3, -0.25) is 4.79 Å². The largest absolute Gasteiger partial charge is 0.475 e. The van der Waals surface area contributed by atoms with Crippen LogP contribution in [0.1, 0.15) is 19.3 Å². The highest BCUT2D eigenvalue weighted by Crippen LogP contribution is 2.41. The van der Waals surface area contributed by atoms with Gasteiger partial charge >= 0.3 is 0 Å². The predicted octanol–water partition coefficient (Wildman–Crippen LogP) is 1.64. The van der Waals surface area contributed by atoms with Crippen molar-refractivity contribution in [1.29, 1.82) is 0 Å². The molecule has 2 saturated heterocycles. The molecule has 0 N–H and O–H groups in total. The minimum atomic E-state index is -0.479. The monoisotopic (exact) mass is 338 g/mol. The number of fused-ring (bicyclic) bond motifs is 1. The number of pyridine rings is 1. The van der Waals surface area contributed by atoms with Gasteiger partial charge in [-0.2, -0.15) is 0 Å². The molecule has 3 rings (SSSR count). The number of ether oxygens (including phenoxy) is 3. The minimum Gasteiger partial charge on any atom is -0.475 e. The Hall–Kier alpha value is -1.73. The lowest BCUT2D eigenvalue weighted by atomic mass is 9.77. The number of carbonyl (C=O) groups is 1. The lowest BCUT2D eigenvalue weighted by Crippen LogP contribution is -2.54. The maximum Gasteiger partial charge on any atom is 0.250 e. The molecule has 0 saturated carbocycles. The Kier molecular flexibility index (Phi) is 5.30. The fourth-order valence-electron chi connectivity index (χ4n) is 3.51. The Morgan fingerprint density at radius 2 is 2.46 bits per heavy atom. The number of piperidine rings is 1. The molecule has 0 spiro atoms. The van der Waals surface area contributed by atoms with Crippen LogP contribution < -0.4 is 4.74 Å². The minimum absolute atomic E-state index is 0.000331. The molecule has 1 aromatic heterocycles. The molecule has 2 atom stereocenters. The molecule has 6 nitrogen and oxygen atoms in total. The molecule has 7 heteroatoms. The third kappa shape index (κ3) is 3.52. The zero-order valence-electron chi connectivity index (χ0n) is 13.9. The van der Waals surface area contributed by atoms with E-state index in [0.717, 1.165) is 12.8 Å². The highest BCUT2D eigenvalue weighted by Gasteiger charge is 2.49. The van der Waals surface area contributed by atoms with Crippen molar-refractivity contribution in [3.8, 4) is 5.88 Å². The van der Waals surface area contributed by atoms with Gasteiger partial charge in [0.05, 0.1) is 31.2 Å². The van der Waals surface area contributed by atoms with Crippen molar-refractivity contribution in [3.05, 3.63) is 24.1 Å². The van der Waals surface area contributed by atoms with E-state index in [1.807, 2.05) is 4.90 Å². The maximum atomic E-state index is 13.7. The van der Waals surface area contributed by atoms with E-state index >= 15 is 0 Å². The van der Waals surface area contributed by atoms with Crippen molar-refractivity contribution >= 4 is 5.91 Å². The van der Waals surface area contributed by atoms with E-state index in [2.05, 4.69) is 4.98 Å². The van der Waals surface area contributed by atoms with Crippen molar-refractivity contribution in [1.82, 2.24) is 9.88 Å². The zero-order valence-corrected chi connectivity index (χ0v) is 13.9. The summed E-state index contributed by atoms with van der Waals surface area (Å²) in [7, 11) is 1.58. The van der Waals surface area contributed by atoms with Crippen molar-refractivity contribution in [2.45, 2.75) is 25.4 Å². The average Bonchev–Trinajstić information content (AvgIpc) is 3.02. The SMILES string of the molecule is COCCC(=O)N1CC[C@H]2OCC[C@@]2(COc2ncccc2F)C1. The molecule has 0 aromatic carbocycles. The summed E-state index contributed by atoms with van der Waals surface area (Å²) in [6.45, 7) is 2.58. The van der Waals surface area contributed by atoms with E-state index in [1.165, 1.54) is 18.3 Å². The number of halogens is 1. The number of hydrogen-bond donors (Lipinski definition) is 0. The van der Waals surface area contributed by atoms with E-state index in [-0.39, 0.29) is 23.3 Å². The highest BCUT2D eigenvalue weighted by atomic mass is 19.1. The van der Waals surface area contributed by atoms with Crippen LogP contribution in [0, 0.1) is 11.2 Å². The highest BCUT2D eigenvalue weighted by molar-refractivity contribution is 5.76. The van der Waals surface area contributed by atoms with Gasteiger partial charge in [0.15, 0.2) is 5.82 Å².